The topological polar surface area (TPSA) is 50.8 Å². The average Bonchev–Trinajstić information content (AvgIpc) is 2.61. The van der Waals surface area contributed by atoms with E-state index in [0.29, 0.717) is 19.7 Å². The van der Waals surface area contributed by atoms with Crippen molar-refractivity contribution >= 4 is 5.91 Å². The molecule has 0 unspecified atom stereocenters. The van der Waals surface area contributed by atoms with E-state index in [-0.39, 0.29) is 18.2 Å². The lowest BCUT2D eigenvalue weighted by Crippen LogP contribution is -2.36. The number of ether oxygens (including phenoxy) is 2. The lowest BCUT2D eigenvalue weighted by molar-refractivity contribution is -0.122. The van der Waals surface area contributed by atoms with Crippen molar-refractivity contribution in [3.8, 4) is 11.5 Å². The maximum Gasteiger partial charge on any atom is 0.387 e. The number of carbonyl (C=O) groups is 1. The molecule has 0 heterocycles. The summed E-state index contributed by atoms with van der Waals surface area (Å²) in [6, 6.07) is 15.7. The first-order chi connectivity index (χ1) is 12.5. The van der Waals surface area contributed by atoms with Crippen LogP contribution in [0.2, 0.25) is 0 Å². The molecule has 2 rings (SSSR count). The largest absolute Gasteiger partial charge is 0.492 e. The fourth-order valence-corrected chi connectivity index (χ4v) is 2.32. The predicted molar refractivity (Wildman–Crippen MR) is 94.4 cm³/mol. The van der Waals surface area contributed by atoms with Crippen molar-refractivity contribution in [1.29, 1.82) is 0 Å². The number of para-hydroxylation sites is 1. The Labute approximate surface area is 151 Å². The summed E-state index contributed by atoms with van der Waals surface area (Å²) in [5.74, 6) is 0.766. The molecule has 0 bridgehead atoms. The van der Waals surface area contributed by atoms with Crippen LogP contribution in [0.1, 0.15) is 5.56 Å². The highest BCUT2D eigenvalue weighted by Gasteiger charge is 2.08. The van der Waals surface area contributed by atoms with Gasteiger partial charge >= 0.3 is 6.61 Å². The van der Waals surface area contributed by atoms with Gasteiger partial charge < -0.3 is 14.8 Å². The Morgan fingerprint density at radius 2 is 1.77 bits per heavy atom. The van der Waals surface area contributed by atoms with Gasteiger partial charge in [-0.15, -0.1) is 0 Å². The highest BCUT2D eigenvalue weighted by Crippen LogP contribution is 2.15. The predicted octanol–water partition coefficient (Wildman–Crippen LogP) is 2.92. The van der Waals surface area contributed by atoms with Crippen molar-refractivity contribution in [3.05, 3.63) is 60.2 Å². The molecule has 0 atom stereocenters. The maximum absolute atomic E-state index is 12.1. The number of nitrogens with zero attached hydrogens (tertiary/aromatic N) is 1. The molecule has 140 valence electrons. The quantitative estimate of drug-likeness (QED) is 0.659. The van der Waals surface area contributed by atoms with Gasteiger partial charge in [-0.05, 0) is 36.9 Å². The number of benzene rings is 2. The molecule has 7 heteroatoms. The number of hydrogen-bond donors (Lipinski definition) is 1. The molecule has 0 aromatic heterocycles. The molecule has 2 aromatic rings. The van der Waals surface area contributed by atoms with Gasteiger partial charge in [0, 0.05) is 6.54 Å². The maximum atomic E-state index is 12.1. The van der Waals surface area contributed by atoms with Crippen LogP contribution in [0.15, 0.2) is 54.6 Å². The highest BCUT2D eigenvalue weighted by atomic mass is 19.3. The van der Waals surface area contributed by atoms with Crippen LogP contribution in [0.3, 0.4) is 0 Å². The van der Waals surface area contributed by atoms with Gasteiger partial charge in [0.05, 0.1) is 13.1 Å². The Bertz CT molecular complexity index is 666. The first-order valence-corrected chi connectivity index (χ1v) is 8.20. The van der Waals surface area contributed by atoms with E-state index in [4.69, 9.17) is 4.74 Å². The van der Waals surface area contributed by atoms with Crippen LogP contribution in [-0.2, 0) is 11.3 Å². The van der Waals surface area contributed by atoms with Crippen LogP contribution in [0.4, 0.5) is 8.78 Å². The molecule has 0 saturated carbocycles. The summed E-state index contributed by atoms with van der Waals surface area (Å²) in [5, 5.41) is 2.79. The van der Waals surface area contributed by atoms with Crippen molar-refractivity contribution in [3.63, 3.8) is 0 Å². The van der Waals surface area contributed by atoms with E-state index in [0.717, 1.165) is 11.3 Å². The van der Waals surface area contributed by atoms with E-state index in [1.165, 1.54) is 12.1 Å². The first-order valence-electron chi connectivity index (χ1n) is 8.20. The minimum absolute atomic E-state index is 0.109. The summed E-state index contributed by atoms with van der Waals surface area (Å²) in [6.45, 7) is -1.28. The minimum Gasteiger partial charge on any atom is -0.492 e. The van der Waals surface area contributed by atoms with Gasteiger partial charge in [-0.3, -0.25) is 9.69 Å². The summed E-state index contributed by atoms with van der Waals surface area (Å²) in [5.41, 5.74) is 0.898. The Kier molecular flexibility index (Phi) is 7.82. The number of rotatable bonds is 10. The zero-order valence-corrected chi connectivity index (χ0v) is 14.5. The van der Waals surface area contributed by atoms with E-state index >= 15 is 0 Å². The summed E-state index contributed by atoms with van der Waals surface area (Å²) < 4.78 is 34.0. The van der Waals surface area contributed by atoms with E-state index in [9.17, 15) is 13.6 Å². The Morgan fingerprint density at radius 3 is 2.42 bits per heavy atom. The van der Waals surface area contributed by atoms with Crippen LogP contribution >= 0.6 is 0 Å². The minimum atomic E-state index is -2.84. The number of halogens is 2. The molecule has 0 fully saturated rings. The van der Waals surface area contributed by atoms with Crippen molar-refractivity contribution in [2.75, 3.05) is 26.7 Å². The van der Waals surface area contributed by atoms with Crippen molar-refractivity contribution in [2.24, 2.45) is 0 Å². The first kappa shape index (κ1) is 19.7. The summed E-state index contributed by atoms with van der Waals surface area (Å²) in [6.07, 6.45) is 0. The average molecular weight is 364 g/mol. The zero-order chi connectivity index (χ0) is 18.8. The van der Waals surface area contributed by atoms with Crippen LogP contribution in [-0.4, -0.2) is 44.2 Å². The third-order valence-corrected chi connectivity index (χ3v) is 3.45. The summed E-state index contributed by atoms with van der Waals surface area (Å²) in [7, 11) is 1.81. The smallest absolute Gasteiger partial charge is 0.387 e. The molecule has 2 aromatic carbocycles. The molecule has 0 aliphatic heterocycles. The van der Waals surface area contributed by atoms with Crippen molar-refractivity contribution in [1.82, 2.24) is 10.2 Å². The van der Waals surface area contributed by atoms with Gasteiger partial charge in [0.1, 0.15) is 18.1 Å². The molecule has 1 amide bonds. The lowest BCUT2D eigenvalue weighted by Gasteiger charge is -2.16. The van der Waals surface area contributed by atoms with Gasteiger partial charge in [-0.2, -0.15) is 8.78 Å². The number of carbonyl (C=O) groups excluding carboxylic acids is 1. The Balaban J connectivity index is 1.65. The van der Waals surface area contributed by atoms with E-state index in [1.54, 1.807) is 12.1 Å². The number of nitrogens with one attached hydrogen (secondary N) is 1. The second-order valence-corrected chi connectivity index (χ2v) is 5.71. The van der Waals surface area contributed by atoms with Crippen LogP contribution in [0.25, 0.3) is 0 Å². The number of amides is 1. The van der Waals surface area contributed by atoms with Gasteiger partial charge in [0.2, 0.25) is 5.91 Å². The van der Waals surface area contributed by atoms with E-state index in [1.807, 2.05) is 42.3 Å². The van der Waals surface area contributed by atoms with Gasteiger partial charge in [0.25, 0.3) is 0 Å². The molecule has 0 saturated heterocycles. The van der Waals surface area contributed by atoms with Crippen LogP contribution < -0.4 is 14.8 Å². The standard InChI is InChI=1S/C19H22F2N2O3/c1-23(13-15-7-9-17(10-8-15)26-19(20)21)14-18(24)22-11-12-25-16-5-3-2-4-6-16/h2-10,19H,11-14H2,1H3,(H,22,24). The van der Waals surface area contributed by atoms with Crippen LogP contribution in [0.5, 0.6) is 11.5 Å². The Morgan fingerprint density at radius 1 is 1.08 bits per heavy atom. The third kappa shape index (κ3) is 7.48. The fraction of sp³-hybridized carbons (Fsp3) is 0.316. The van der Waals surface area contributed by atoms with E-state index in [2.05, 4.69) is 10.1 Å². The number of hydrogen-bond acceptors (Lipinski definition) is 4. The van der Waals surface area contributed by atoms with E-state index < -0.39 is 6.61 Å². The molecular formula is C19H22F2N2O3. The van der Waals surface area contributed by atoms with Crippen molar-refractivity contribution in [2.45, 2.75) is 13.2 Å². The summed E-state index contributed by atoms with van der Waals surface area (Å²) >= 11 is 0. The van der Waals surface area contributed by atoms with Gasteiger partial charge in [0.15, 0.2) is 0 Å². The summed E-state index contributed by atoms with van der Waals surface area (Å²) in [4.78, 5) is 13.7. The second kappa shape index (κ2) is 10.4. The van der Waals surface area contributed by atoms with Gasteiger partial charge in [-0.25, -0.2) is 0 Å². The Hall–Kier alpha value is -2.67. The molecule has 5 nitrogen and oxygen atoms in total. The fourth-order valence-electron chi connectivity index (χ4n) is 2.32. The SMILES string of the molecule is CN(CC(=O)NCCOc1ccccc1)Cc1ccc(OC(F)F)cc1. The highest BCUT2D eigenvalue weighted by molar-refractivity contribution is 5.77. The monoisotopic (exact) mass is 364 g/mol. The van der Waals surface area contributed by atoms with Crippen LogP contribution in [0, 0.1) is 0 Å². The molecule has 0 radical (unpaired) electrons. The van der Waals surface area contributed by atoms with Gasteiger partial charge in [-0.1, -0.05) is 30.3 Å². The normalized spacial score (nSPS) is 10.8. The molecule has 1 N–H and O–H groups in total. The molecule has 26 heavy (non-hydrogen) atoms. The molecule has 0 aliphatic rings. The number of likely N-dealkylation sites (N-methyl/N-ethyl adjacent to an activating group) is 1. The molecule has 0 aliphatic carbocycles. The van der Waals surface area contributed by atoms with Crippen molar-refractivity contribution < 1.29 is 23.0 Å². The zero-order valence-electron chi connectivity index (χ0n) is 14.5. The second-order valence-electron chi connectivity index (χ2n) is 5.71. The number of alkyl halides is 2. The third-order valence-electron chi connectivity index (χ3n) is 3.45. The molecule has 0 spiro atoms. The lowest BCUT2D eigenvalue weighted by atomic mass is 10.2. The molecular weight excluding hydrogens is 342 g/mol.